The Hall–Kier alpha value is -2.01. The van der Waals surface area contributed by atoms with Gasteiger partial charge in [0, 0.05) is 11.8 Å². The summed E-state index contributed by atoms with van der Waals surface area (Å²) in [5, 5.41) is 16.5. The maximum atomic E-state index is 8.64. The van der Waals surface area contributed by atoms with Crippen LogP contribution in [0, 0.1) is 6.92 Å². The van der Waals surface area contributed by atoms with Gasteiger partial charge in [-0.15, -0.1) is 0 Å². The zero-order chi connectivity index (χ0) is 13.1. The fourth-order valence-corrected chi connectivity index (χ4v) is 1.80. The molecule has 0 aliphatic heterocycles. The molecule has 3 N–H and O–H groups in total. The third-order valence-corrected chi connectivity index (χ3v) is 2.93. The Labute approximate surface area is 109 Å². The molecule has 1 heterocycles. The number of hydrogen-bond donors (Lipinski definition) is 2. The maximum Gasteiger partial charge on any atom is 0.170 e. The number of halogens is 1. The third-order valence-electron chi connectivity index (χ3n) is 2.56. The van der Waals surface area contributed by atoms with Crippen molar-refractivity contribution in [1.29, 1.82) is 0 Å². The first-order valence-corrected chi connectivity index (χ1v) is 5.74. The highest BCUT2D eigenvalue weighted by atomic mass is 35.5. The van der Waals surface area contributed by atoms with Gasteiger partial charge in [-0.05, 0) is 18.6 Å². The molecule has 0 spiro atoms. The standard InChI is InChI=1S/C12H13ClN4O/c1-8-11(13)7-17(15-8)6-9-3-2-4-10(5-9)12(14)16-18/h2-5,7,18H,6H2,1H3,(H2,14,16). The van der Waals surface area contributed by atoms with Crippen LogP contribution >= 0.6 is 11.6 Å². The van der Waals surface area contributed by atoms with Gasteiger partial charge in [-0.2, -0.15) is 5.10 Å². The van der Waals surface area contributed by atoms with E-state index in [1.165, 1.54) is 0 Å². The van der Waals surface area contributed by atoms with Gasteiger partial charge in [0.25, 0.3) is 0 Å². The molecule has 0 saturated carbocycles. The Kier molecular flexibility index (Phi) is 3.53. The molecular formula is C12H13ClN4O. The number of benzene rings is 1. The van der Waals surface area contributed by atoms with Gasteiger partial charge in [0.2, 0.25) is 0 Å². The molecule has 5 nitrogen and oxygen atoms in total. The normalized spacial score (nSPS) is 11.8. The second-order valence-electron chi connectivity index (χ2n) is 3.95. The highest BCUT2D eigenvalue weighted by molar-refractivity contribution is 6.31. The van der Waals surface area contributed by atoms with Crippen LogP contribution in [-0.4, -0.2) is 20.8 Å². The summed E-state index contributed by atoms with van der Waals surface area (Å²) in [5.74, 6) is 0.0894. The van der Waals surface area contributed by atoms with Crippen LogP contribution in [0.1, 0.15) is 16.8 Å². The van der Waals surface area contributed by atoms with Gasteiger partial charge in [0.15, 0.2) is 5.84 Å². The molecule has 1 aromatic heterocycles. The third kappa shape index (κ3) is 2.62. The minimum atomic E-state index is 0.0894. The van der Waals surface area contributed by atoms with Gasteiger partial charge in [0.1, 0.15) is 0 Å². The summed E-state index contributed by atoms with van der Waals surface area (Å²) in [5.41, 5.74) is 8.01. The van der Waals surface area contributed by atoms with Crippen LogP contribution in [0.3, 0.4) is 0 Å². The van der Waals surface area contributed by atoms with Gasteiger partial charge in [-0.3, -0.25) is 4.68 Å². The van der Waals surface area contributed by atoms with E-state index < -0.39 is 0 Å². The molecule has 0 bridgehead atoms. The number of aromatic nitrogens is 2. The Morgan fingerprint density at radius 2 is 2.33 bits per heavy atom. The second-order valence-corrected chi connectivity index (χ2v) is 4.35. The van der Waals surface area contributed by atoms with E-state index in [9.17, 15) is 0 Å². The van der Waals surface area contributed by atoms with E-state index in [1.54, 1.807) is 16.9 Å². The van der Waals surface area contributed by atoms with E-state index in [1.807, 2.05) is 25.1 Å². The zero-order valence-corrected chi connectivity index (χ0v) is 10.6. The molecule has 0 amide bonds. The van der Waals surface area contributed by atoms with Crippen LogP contribution in [0.4, 0.5) is 0 Å². The van der Waals surface area contributed by atoms with E-state index in [4.69, 9.17) is 22.5 Å². The van der Waals surface area contributed by atoms with Crippen molar-refractivity contribution < 1.29 is 5.21 Å². The summed E-state index contributed by atoms with van der Waals surface area (Å²) in [6.45, 7) is 2.44. The molecule has 18 heavy (non-hydrogen) atoms. The lowest BCUT2D eigenvalue weighted by Crippen LogP contribution is -2.13. The lowest BCUT2D eigenvalue weighted by atomic mass is 10.1. The Morgan fingerprint density at radius 1 is 1.56 bits per heavy atom. The molecule has 0 aliphatic rings. The first-order valence-electron chi connectivity index (χ1n) is 5.36. The van der Waals surface area contributed by atoms with E-state index in [-0.39, 0.29) is 5.84 Å². The molecule has 0 unspecified atom stereocenters. The molecule has 2 aromatic rings. The number of amidine groups is 1. The summed E-state index contributed by atoms with van der Waals surface area (Å²) in [4.78, 5) is 0. The highest BCUT2D eigenvalue weighted by Gasteiger charge is 2.04. The Bertz CT molecular complexity index is 572. The van der Waals surface area contributed by atoms with Gasteiger partial charge < -0.3 is 10.9 Å². The number of nitrogens with zero attached hydrogens (tertiary/aromatic N) is 3. The minimum Gasteiger partial charge on any atom is -0.409 e. The molecule has 6 heteroatoms. The second kappa shape index (κ2) is 5.10. The lowest BCUT2D eigenvalue weighted by molar-refractivity contribution is 0.318. The van der Waals surface area contributed by atoms with Crippen molar-refractivity contribution in [2.24, 2.45) is 10.9 Å². The van der Waals surface area contributed by atoms with Crippen molar-refractivity contribution in [2.45, 2.75) is 13.5 Å². The number of nitrogens with two attached hydrogens (primary N) is 1. The topological polar surface area (TPSA) is 76.4 Å². The maximum absolute atomic E-state index is 8.64. The molecule has 0 fully saturated rings. The summed E-state index contributed by atoms with van der Waals surface area (Å²) in [6.07, 6.45) is 1.77. The van der Waals surface area contributed by atoms with Crippen molar-refractivity contribution in [3.05, 3.63) is 52.3 Å². The molecule has 0 aliphatic carbocycles. The van der Waals surface area contributed by atoms with Crippen molar-refractivity contribution in [1.82, 2.24) is 9.78 Å². The zero-order valence-electron chi connectivity index (χ0n) is 9.84. The quantitative estimate of drug-likeness (QED) is 0.385. The van der Waals surface area contributed by atoms with E-state index in [2.05, 4.69) is 10.3 Å². The number of rotatable bonds is 3. The van der Waals surface area contributed by atoms with Crippen molar-refractivity contribution >= 4 is 17.4 Å². The summed E-state index contributed by atoms with van der Waals surface area (Å²) in [7, 11) is 0. The van der Waals surface area contributed by atoms with E-state index in [0.29, 0.717) is 17.1 Å². The van der Waals surface area contributed by atoms with Crippen LogP contribution in [0.15, 0.2) is 35.6 Å². The summed E-state index contributed by atoms with van der Waals surface area (Å²) in [6, 6.07) is 7.42. The first kappa shape index (κ1) is 12.4. The number of hydrogen-bond acceptors (Lipinski definition) is 3. The average molecular weight is 265 g/mol. The SMILES string of the molecule is Cc1nn(Cc2cccc(C(N)=NO)c2)cc1Cl. The fraction of sp³-hybridized carbons (Fsp3) is 0.167. The molecule has 2 rings (SSSR count). The van der Waals surface area contributed by atoms with Crippen LogP contribution in [0.5, 0.6) is 0 Å². The van der Waals surface area contributed by atoms with E-state index >= 15 is 0 Å². The predicted octanol–water partition coefficient (Wildman–Crippen LogP) is 1.99. The van der Waals surface area contributed by atoms with Gasteiger partial charge >= 0.3 is 0 Å². The lowest BCUT2D eigenvalue weighted by Gasteiger charge is -2.04. The van der Waals surface area contributed by atoms with Crippen LogP contribution in [-0.2, 0) is 6.54 Å². The summed E-state index contributed by atoms with van der Waals surface area (Å²) >= 11 is 5.94. The highest BCUT2D eigenvalue weighted by Crippen LogP contribution is 2.14. The van der Waals surface area contributed by atoms with Crippen LogP contribution < -0.4 is 5.73 Å². The number of oxime groups is 1. The molecule has 0 radical (unpaired) electrons. The van der Waals surface area contributed by atoms with Crippen molar-refractivity contribution in [3.8, 4) is 0 Å². The van der Waals surface area contributed by atoms with Crippen molar-refractivity contribution in [2.75, 3.05) is 0 Å². The molecular weight excluding hydrogens is 252 g/mol. The summed E-state index contributed by atoms with van der Waals surface area (Å²) < 4.78 is 1.75. The van der Waals surface area contributed by atoms with Crippen LogP contribution in [0.2, 0.25) is 5.02 Å². The minimum absolute atomic E-state index is 0.0894. The predicted molar refractivity (Wildman–Crippen MR) is 70.0 cm³/mol. The van der Waals surface area contributed by atoms with Crippen LogP contribution in [0.25, 0.3) is 0 Å². The molecule has 0 atom stereocenters. The average Bonchev–Trinajstić information content (AvgIpc) is 2.67. The van der Waals surface area contributed by atoms with Gasteiger partial charge in [0.05, 0.1) is 17.3 Å². The molecule has 0 saturated heterocycles. The molecule has 1 aromatic carbocycles. The van der Waals surface area contributed by atoms with E-state index in [0.717, 1.165) is 11.3 Å². The van der Waals surface area contributed by atoms with Gasteiger partial charge in [-0.25, -0.2) is 0 Å². The van der Waals surface area contributed by atoms with Crippen molar-refractivity contribution in [3.63, 3.8) is 0 Å². The fourth-order valence-electron chi connectivity index (χ4n) is 1.65. The smallest absolute Gasteiger partial charge is 0.170 e. The largest absolute Gasteiger partial charge is 0.409 e. The Balaban J connectivity index is 2.24. The first-order chi connectivity index (χ1) is 8.60. The van der Waals surface area contributed by atoms with Gasteiger partial charge in [-0.1, -0.05) is 35.0 Å². The molecule has 94 valence electrons. The number of aryl methyl sites for hydroxylation is 1. The Morgan fingerprint density at radius 3 is 2.94 bits per heavy atom. The monoisotopic (exact) mass is 264 g/mol.